The molecule has 2 N–H and O–H groups in total. The highest BCUT2D eigenvalue weighted by Gasteiger charge is 2.23. The number of amides is 1. The van der Waals surface area contributed by atoms with Crippen molar-refractivity contribution in [2.24, 2.45) is 0 Å². The molecule has 0 unspecified atom stereocenters. The van der Waals surface area contributed by atoms with Crippen molar-refractivity contribution in [2.45, 2.75) is 33.2 Å². The van der Waals surface area contributed by atoms with Crippen molar-refractivity contribution in [3.63, 3.8) is 0 Å². The molecule has 2 rings (SSSR count). The molecule has 5 nitrogen and oxygen atoms in total. The number of rotatable bonds is 5. The molecule has 0 spiro atoms. The molecule has 128 valence electrons. The summed E-state index contributed by atoms with van der Waals surface area (Å²) < 4.78 is 4.76. The molecular formula is C18H21ClN2O3. The normalized spacial score (nSPS) is 11.9. The molecule has 0 fully saturated rings. The molecule has 0 aliphatic heterocycles. The molecule has 1 atom stereocenters. The number of hydrogen-bond acceptors (Lipinski definition) is 3. The number of H-pyrrole nitrogens is 1. The number of aryl methyl sites for hydroxylation is 1. The molecule has 24 heavy (non-hydrogen) atoms. The van der Waals surface area contributed by atoms with Gasteiger partial charge in [-0.25, -0.2) is 4.79 Å². The molecular weight excluding hydrogens is 328 g/mol. The molecule has 6 heteroatoms. The number of aromatic amines is 1. The number of hydrogen-bond donors (Lipinski definition) is 2. The van der Waals surface area contributed by atoms with E-state index < -0.39 is 5.97 Å². The molecule has 2 aromatic rings. The number of nitrogens with one attached hydrogen (secondary N) is 2. The summed E-state index contributed by atoms with van der Waals surface area (Å²) in [7, 11) is 1.32. The van der Waals surface area contributed by atoms with E-state index in [2.05, 4.69) is 10.3 Å². The summed E-state index contributed by atoms with van der Waals surface area (Å²) in [4.78, 5) is 27.3. The first-order chi connectivity index (χ1) is 11.3. The largest absolute Gasteiger partial charge is 0.465 e. The van der Waals surface area contributed by atoms with Crippen LogP contribution >= 0.6 is 11.6 Å². The Morgan fingerprint density at radius 3 is 2.67 bits per heavy atom. The van der Waals surface area contributed by atoms with E-state index in [9.17, 15) is 9.59 Å². The molecule has 0 aliphatic carbocycles. The summed E-state index contributed by atoms with van der Waals surface area (Å²) in [5, 5.41) is 3.61. The highest BCUT2D eigenvalue weighted by atomic mass is 35.5. The standard InChI is InChI=1S/C18H21ClN2O3/c1-10(8-13-6-5-7-14(19)9-13)20-17(22)16-11(2)15(12(3)21-16)18(23)24-4/h5-7,9-10,21H,8H2,1-4H3,(H,20,22)/t10-/m1/s1. The van der Waals surface area contributed by atoms with Crippen molar-refractivity contribution >= 4 is 23.5 Å². The van der Waals surface area contributed by atoms with Crippen LogP contribution < -0.4 is 5.32 Å². The van der Waals surface area contributed by atoms with E-state index in [1.165, 1.54) is 7.11 Å². The number of halogens is 1. The van der Waals surface area contributed by atoms with Crippen LogP contribution in [0.2, 0.25) is 5.02 Å². The molecule has 0 saturated carbocycles. The fourth-order valence-corrected chi connectivity index (χ4v) is 2.96. The van der Waals surface area contributed by atoms with Crippen molar-refractivity contribution in [3.8, 4) is 0 Å². The minimum atomic E-state index is -0.452. The van der Waals surface area contributed by atoms with Gasteiger partial charge in [0.15, 0.2) is 0 Å². The second kappa shape index (κ2) is 7.53. The molecule has 1 aromatic carbocycles. The summed E-state index contributed by atoms with van der Waals surface area (Å²) in [6.07, 6.45) is 0.662. The predicted octanol–water partition coefficient (Wildman–Crippen LogP) is 3.43. The lowest BCUT2D eigenvalue weighted by molar-refractivity contribution is 0.0599. The van der Waals surface area contributed by atoms with Crippen LogP contribution in [0.4, 0.5) is 0 Å². The topological polar surface area (TPSA) is 71.2 Å². The summed E-state index contributed by atoms with van der Waals surface area (Å²) >= 11 is 5.98. The number of methoxy groups -OCH3 is 1. The fourth-order valence-electron chi connectivity index (χ4n) is 2.75. The average molecular weight is 349 g/mol. The molecule has 0 aliphatic rings. The molecule has 1 amide bonds. The zero-order chi connectivity index (χ0) is 17.9. The summed E-state index contributed by atoms with van der Waals surface area (Å²) in [5.41, 5.74) is 3.04. The Balaban J connectivity index is 2.11. The Morgan fingerprint density at radius 1 is 1.33 bits per heavy atom. The van der Waals surface area contributed by atoms with E-state index in [-0.39, 0.29) is 11.9 Å². The van der Waals surface area contributed by atoms with Gasteiger partial charge in [-0.15, -0.1) is 0 Å². The first-order valence-electron chi connectivity index (χ1n) is 7.66. The Hall–Kier alpha value is -2.27. The zero-order valence-corrected chi connectivity index (χ0v) is 15.0. The van der Waals surface area contributed by atoms with Gasteiger partial charge >= 0.3 is 5.97 Å². The Kier molecular flexibility index (Phi) is 5.67. The van der Waals surface area contributed by atoms with Gasteiger partial charge in [-0.05, 0) is 50.5 Å². The molecule has 0 saturated heterocycles. The minimum Gasteiger partial charge on any atom is -0.465 e. The summed E-state index contributed by atoms with van der Waals surface area (Å²) in [5.74, 6) is -0.701. The van der Waals surface area contributed by atoms with E-state index in [1.807, 2.05) is 31.2 Å². The summed E-state index contributed by atoms with van der Waals surface area (Å²) in [6, 6.07) is 7.46. The van der Waals surface area contributed by atoms with Crippen LogP contribution in [0.5, 0.6) is 0 Å². The zero-order valence-electron chi connectivity index (χ0n) is 14.2. The number of esters is 1. The van der Waals surface area contributed by atoms with Gasteiger partial charge in [0.1, 0.15) is 5.69 Å². The van der Waals surface area contributed by atoms with Crippen molar-refractivity contribution in [2.75, 3.05) is 7.11 Å². The van der Waals surface area contributed by atoms with Crippen molar-refractivity contribution in [3.05, 3.63) is 57.4 Å². The first kappa shape index (κ1) is 18.1. The van der Waals surface area contributed by atoms with Crippen molar-refractivity contribution in [1.82, 2.24) is 10.3 Å². The first-order valence-corrected chi connectivity index (χ1v) is 8.04. The van der Waals surface area contributed by atoms with E-state index >= 15 is 0 Å². The minimum absolute atomic E-state index is 0.0828. The molecule has 1 heterocycles. The van der Waals surface area contributed by atoms with Crippen LogP contribution in [0.1, 0.15) is 44.6 Å². The summed E-state index contributed by atoms with van der Waals surface area (Å²) in [6.45, 7) is 5.39. The van der Waals surface area contributed by atoms with Crippen molar-refractivity contribution in [1.29, 1.82) is 0 Å². The third kappa shape index (κ3) is 3.97. The van der Waals surface area contributed by atoms with Gasteiger partial charge in [0.25, 0.3) is 5.91 Å². The highest BCUT2D eigenvalue weighted by Crippen LogP contribution is 2.19. The van der Waals surface area contributed by atoms with Gasteiger partial charge in [-0.3, -0.25) is 4.79 Å². The lowest BCUT2D eigenvalue weighted by atomic mass is 10.1. The van der Waals surface area contributed by atoms with Crippen molar-refractivity contribution < 1.29 is 14.3 Å². The van der Waals surface area contributed by atoms with Gasteiger partial charge in [0.05, 0.1) is 12.7 Å². The van der Waals surface area contributed by atoms with Crippen LogP contribution in [0.15, 0.2) is 24.3 Å². The van der Waals surface area contributed by atoms with E-state index in [4.69, 9.17) is 16.3 Å². The van der Waals surface area contributed by atoms with E-state index in [0.717, 1.165) is 5.56 Å². The average Bonchev–Trinajstić information content (AvgIpc) is 2.81. The predicted molar refractivity (Wildman–Crippen MR) is 93.7 cm³/mol. The van der Waals surface area contributed by atoms with Crippen LogP contribution in [0, 0.1) is 13.8 Å². The van der Waals surface area contributed by atoms with Gasteiger partial charge in [-0.2, -0.15) is 0 Å². The van der Waals surface area contributed by atoms with Gasteiger partial charge < -0.3 is 15.0 Å². The second-order valence-corrected chi connectivity index (χ2v) is 6.26. The third-order valence-corrected chi connectivity index (χ3v) is 4.10. The Bertz CT molecular complexity index is 768. The number of ether oxygens (including phenoxy) is 1. The number of carbonyl (C=O) groups is 2. The Labute approximate surface area is 146 Å². The fraction of sp³-hybridized carbons (Fsp3) is 0.333. The molecule has 0 radical (unpaired) electrons. The molecule has 1 aromatic heterocycles. The van der Waals surface area contributed by atoms with Crippen LogP contribution in [-0.4, -0.2) is 30.0 Å². The second-order valence-electron chi connectivity index (χ2n) is 5.83. The maximum atomic E-state index is 12.5. The van der Waals surface area contributed by atoms with Gasteiger partial charge in [0.2, 0.25) is 0 Å². The van der Waals surface area contributed by atoms with Gasteiger partial charge in [0, 0.05) is 16.8 Å². The van der Waals surface area contributed by atoms with Crippen LogP contribution in [0.3, 0.4) is 0 Å². The highest BCUT2D eigenvalue weighted by molar-refractivity contribution is 6.30. The number of carbonyl (C=O) groups excluding carboxylic acids is 2. The lowest BCUT2D eigenvalue weighted by Gasteiger charge is -2.14. The van der Waals surface area contributed by atoms with Gasteiger partial charge in [-0.1, -0.05) is 23.7 Å². The SMILES string of the molecule is COC(=O)c1c(C)[nH]c(C(=O)N[C@H](C)Cc2cccc(Cl)c2)c1C. The number of benzene rings is 1. The van der Waals surface area contributed by atoms with Crippen LogP contribution in [0.25, 0.3) is 0 Å². The Morgan fingerprint density at radius 2 is 2.04 bits per heavy atom. The van der Waals surface area contributed by atoms with Crippen LogP contribution in [-0.2, 0) is 11.2 Å². The van der Waals surface area contributed by atoms with E-state index in [0.29, 0.717) is 34.0 Å². The monoisotopic (exact) mass is 348 g/mol. The number of aromatic nitrogens is 1. The van der Waals surface area contributed by atoms with E-state index in [1.54, 1.807) is 13.8 Å². The smallest absolute Gasteiger partial charge is 0.339 e. The third-order valence-electron chi connectivity index (χ3n) is 3.86. The lowest BCUT2D eigenvalue weighted by Crippen LogP contribution is -2.34. The maximum absolute atomic E-state index is 12.5. The maximum Gasteiger partial charge on any atom is 0.339 e. The quantitative estimate of drug-likeness (QED) is 0.813. The molecule has 0 bridgehead atoms.